The van der Waals surface area contributed by atoms with E-state index in [1.54, 1.807) is 0 Å². The van der Waals surface area contributed by atoms with E-state index in [4.69, 9.17) is 0 Å². The molecule has 0 saturated heterocycles. The number of rotatable bonds is 5. The van der Waals surface area contributed by atoms with Crippen LogP contribution in [0.5, 0.6) is 0 Å². The first-order valence-corrected chi connectivity index (χ1v) is 7.12. The van der Waals surface area contributed by atoms with Gasteiger partial charge in [0, 0.05) is 12.7 Å². The summed E-state index contributed by atoms with van der Waals surface area (Å²) in [6, 6.07) is 17.6. The molecule has 1 N–H and O–H groups in total. The highest BCUT2D eigenvalue weighted by molar-refractivity contribution is 5.78. The van der Waals surface area contributed by atoms with Crippen LogP contribution >= 0.6 is 0 Å². The van der Waals surface area contributed by atoms with Gasteiger partial charge in [-0.15, -0.1) is 0 Å². The molecule has 0 aliphatic rings. The van der Waals surface area contributed by atoms with Crippen molar-refractivity contribution in [3.63, 3.8) is 0 Å². The Morgan fingerprint density at radius 1 is 0.952 bits per heavy atom. The molecule has 0 saturated carbocycles. The number of anilines is 1. The summed E-state index contributed by atoms with van der Waals surface area (Å²) in [5.41, 5.74) is 3.20. The fraction of sp³-hybridized carbons (Fsp3) is 0.278. The lowest BCUT2D eigenvalue weighted by Gasteiger charge is -2.29. The van der Waals surface area contributed by atoms with Crippen molar-refractivity contribution in [1.29, 1.82) is 0 Å². The van der Waals surface area contributed by atoms with E-state index < -0.39 is 12.0 Å². The topological polar surface area (TPSA) is 40.5 Å². The molecule has 0 spiro atoms. The van der Waals surface area contributed by atoms with Crippen LogP contribution in [0.15, 0.2) is 54.6 Å². The van der Waals surface area contributed by atoms with Gasteiger partial charge in [-0.2, -0.15) is 0 Å². The summed E-state index contributed by atoms with van der Waals surface area (Å²) in [6.07, 6.45) is 0. The lowest BCUT2D eigenvalue weighted by Crippen LogP contribution is -2.42. The molecule has 3 nitrogen and oxygen atoms in total. The monoisotopic (exact) mass is 283 g/mol. The standard InChI is InChI=1S/C18H21NO2/c1-13(2)17(18(20)21)19(3)16-11-9-15(10-12-16)14-7-5-4-6-8-14/h4-13,17H,1-3H3,(H,20,21)/t17-/m0/s1. The normalized spacial score (nSPS) is 12.2. The van der Waals surface area contributed by atoms with Crippen molar-refractivity contribution >= 4 is 11.7 Å². The fourth-order valence-corrected chi connectivity index (χ4v) is 2.58. The second-order valence-corrected chi connectivity index (χ2v) is 5.55. The van der Waals surface area contributed by atoms with Crippen LogP contribution in [0.2, 0.25) is 0 Å². The molecular weight excluding hydrogens is 262 g/mol. The summed E-state index contributed by atoms with van der Waals surface area (Å²) in [5.74, 6) is -0.749. The smallest absolute Gasteiger partial charge is 0.326 e. The van der Waals surface area contributed by atoms with Crippen LogP contribution in [-0.4, -0.2) is 24.2 Å². The average molecular weight is 283 g/mol. The maximum atomic E-state index is 11.4. The molecule has 2 aromatic carbocycles. The first-order valence-electron chi connectivity index (χ1n) is 7.12. The van der Waals surface area contributed by atoms with Gasteiger partial charge in [0.25, 0.3) is 0 Å². The summed E-state index contributed by atoms with van der Waals surface area (Å²) in [5, 5.41) is 9.37. The van der Waals surface area contributed by atoms with Gasteiger partial charge in [-0.25, -0.2) is 4.79 Å². The van der Waals surface area contributed by atoms with E-state index in [2.05, 4.69) is 12.1 Å². The maximum Gasteiger partial charge on any atom is 0.326 e. The molecule has 2 aromatic rings. The second-order valence-electron chi connectivity index (χ2n) is 5.55. The average Bonchev–Trinajstić information content (AvgIpc) is 2.47. The molecule has 0 unspecified atom stereocenters. The number of hydrogen-bond donors (Lipinski definition) is 1. The Bertz CT molecular complexity index is 590. The van der Waals surface area contributed by atoms with Crippen LogP contribution in [-0.2, 0) is 4.79 Å². The molecule has 0 aromatic heterocycles. The molecular formula is C18H21NO2. The highest BCUT2D eigenvalue weighted by atomic mass is 16.4. The van der Waals surface area contributed by atoms with Gasteiger partial charge in [-0.1, -0.05) is 56.3 Å². The third kappa shape index (κ3) is 3.43. The van der Waals surface area contributed by atoms with Crippen LogP contribution in [0.1, 0.15) is 13.8 Å². The minimum atomic E-state index is -0.792. The summed E-state index contributed by atoms with van der Waals surface area (Å²) in [4.78, 5) is 13.2. The molecule has 0 radical (unpaired) electrons. The third-order valence-electron chi connectivity index (χ3n) is 3.68. The van der Waals surface area contributed by atoms with Gasteiger partial charge < -0.3 is 10.0 Å². The van der Waals surface area contributed by atoms with E-state index in [1.807, 2.05) is 68.3 Å². The molecule has 0 bridgehead atoms. The molecule has 3 heteroatoms. The van der Waals surface area contributed by atoms with Gasteiger partial charge in [0.2, 0.25) is 0 Å². The van der Waals surface area contributed by atoms with Crippen molar-refractivity contribution in [2.75, 3.05) is 11.9 Å². The molecule has 2 rings (SSSR count). The Labute approximate surface area is 125 Å². The van der Waals surface area contributed by atoms with E-state index in [-0.39, 0.29) is 5.92 Å². The zero-order chi connectivity index (χ0) is 15.4. The Kier molecular flexibility index (Phi) is 4.63. The van der Waals surface area contributed by atoms with Crippen LogP contribution in [0.4, 0.5) is 5.69 Å². The molecule has 0 fully saturated rings. The fourth-order valence-electron chi connectivity index (χ4n) is 2.58. The van der Waals surface area contributed by atoms with E-state index in [0.717, 1.165) is 16.8 Å². The van der Waals surface area contributed by atoms with Gasteiger partial charge in [0.1, 0.15) is 6.04 Å². The predicted molar refractivity (Wildman–Crippen MR) is 86.5 cm³/mol. The molecule has 21 heavy (non-hydrogen) atoms. The summed E-state index contributed by atoms with van der Waals surface area (Å²) in [6.45, 7) is 3.85. The summed E-state index contributed by atoms with van der Waals surface area (Å²) >= 11 is 0. The molecule has 110 valence electrons. The number of likely N-dealkylation sites (N-methyl/N-ethyl adjacent to an activating group) is 1. The number of benzene rings is 2. The quantitative estimate of drug-likeness (QED) is 0.904. The molecule has 0 amide bonds. The van der Waals surface area contributed by atoms with E-state index in [1.165, 1.54) is 0 Å². The Morgan fingerprint density at radius 3 is 1.95 bits per heavy atom. The number of carbonyl (C=O) groups is 1. The van der Waals surface area contributed by atoms with Crippen LogP contribution < -0.4 is 4.90 Å². The lowest BCUT2D eigenvalue weighted by atomic mass is 10.0. The van der Waals surface area contributed by atoms with E-state index >= 15 is 0 Å². The number of aliphatic carboxylic acids is 1. The Balaban J connectivity index is 2.24. The molecule has 1 atom stereocenters. The van der Waals surface area contributed by atoms with E-state index in [9.17, 15) is 9.90 Å². The van der Waals surface area contributed by atoms with Gasteiger partial charge in [0.15, 0.2) is 0 Å². The maximum absolute atomic E-state index is 11.4. The highest BCUT2D eigenvalue weighted by Crippen LogP contribution is 2.24. The number of carboxylic acid groups (broad SMARTS) is 1. The minimum absolute atomic E-state index is 0.0429. The van der Waals surface area contributed by atoms with Crippen LogP contribution in [0, 0.1) is 5.92 Å². The number of carboxylic acids is 1. The second kappa shape index (κ2) is 6.44. The Morgan fingerprint density at radius 2 is 1.48 bits per heavy atom. The summed E-state index contributed by atoms with van der Waals surface area (Å²) in [7, 11) is 1.83. The third-order valence-corrected chi connectivity index (χ3v) is 3.68. The largest absolute Gasteiger partial charge is 0.480 e. The van der Waals surface area contributed by atoms with Gasteiger partial charge >= 0.3 is 5.97 Å². The summed E-state index contributed by atoms with van der Waals surface area (Å²) < 4.78 is 0. The van der Waals surface area contributed by atoms with Crippen molar-refractivity contribution in [3.8, 4) is 11.1 Å². The SMILES string of the molecule is CC(C)[C@@H](C(=O)O)N(C)c1ccc(-c2ccccc2)cc1. The van der Waals surface area contributed by atoms with Gasteiger partial charge in [0.05, 0.1) is 0 Å². The first-order chi connectivity index (χ1) is 10.0. The minimum Gasteiger partial charge on any atom is -0.480 e. The lowest BCUT2D eigenvalue weighted by molar-refractivity contribution is -0.139. The number of hydrogen-bond acceptors (Lipinski definition) is 2. The van der Waals surface area contributed by atoms with E-state index in [0.29, 0.717) is 0 Å². The zero-order valence-corrected chi connectivity index (χ0v) is 12.7. The van der Waals surface area contributed by atoms with Crippen LogP contribution in [0.3, 0.4) is 0 Å². The van der Waals surface area contributed by atoms with Crippen molar-refractivity contribution in [2.24, 2.45) is 5.92 Å². The van der Waals surface area contributed by atoms with Crippen molar-refractivity contribution < 1.29 is 9.90 Å². The van der Waals surface area contributed by atoms with Gasteiger partial charge in [-0.3, -0.25) is 0 Å². The van der Waals surface area contributed by atoms with Crippen LogP contribution in [0.25, 0.3) is 11.1 Å². The van der Waals surface area contributed by atoms with Crippen molar-refractivity contribution in [2.45, 2.75) is 19.9 Å². The molecule has 0 aliphatic carbocycles. The van der Waals surface area contributed by atoms with Crippen molar-refractivity contribution in [1.82, 2.24) is 0 Å². The van der Waals surface area contributed by atoms with Gasteiger partial charge in [-0.05, 0) is 29.2 Å². The molecule has 0 heterocycles. The molecule has 0 aliphatic heterocycles. The Hall–Kier alpha value is -2.29. The van der Waals surface area contributed by atoms with Crippen molar-refractivity contribution in [3.05, 3.63) is 54.6 Å². The highest BCUT2D eigenvalue weighted by Gasteiger charge is 2.26. The number of nitrogens with zero attached hydrogens (tertiary/aromatic N) is 1. The first kappa shape index (κ1) is 15.1. The zero-order valence-electron chi connectivity index (χ0n) is 12.7. The predicted octanol–water partition coefficient (Wildman–Crippen LogP) is 3.90.